The van der Waals surface area contributed by atoms with E-state index in [1.807, 2.05) is 18.2 Å². The normalized spacial score (nSPS) is 11.6. The highest BCUT2D eigenvalue weighted by Crippen LogP contribution is 2.22. The maximum absolute atomic E-state index is 11.3. The van der Waals surface area contributed by atoms with Crippen molar-refractivity contribution in [2.75, 3.05) is 22.8 Å². The van der Waals surface area contributed by atoms with Gasteiger partial charge in [-0.15, -0.1) is 0 Å². The molecular weight excluding hydrogens is 248 g/mol. The average molecular weight is 270 g/mol. The molecule has 0 aliphatic heterocycles. The van der Waals surface area contributed by atoms with Crippen LogP contribution in [0.3, 0.4) is 0 Å². The summed E-state index contributed by atoms with van der Waals surface area (Å²) in [4.78, 5) is 0. The van der Waals surface area contributed by atoms with E-state index < -0.39 is 10.0 Å². The minimum atomic E-state index is -3.24. The first-order valence-electron chi connectivity index (χ1n) is 6.27. The Morgan fingerprint density at radius 1 is 1.11 bits per heavy atom. The number of benzene rings is 1. The van der Waals surface area contributed by atoms with E-state index >= 15 is 0 Å². The lowest BCUT2D eigenvalue weighted by atomic mass is 10.0. The van der Waals surface area contributed by atoms with Gasteiger partial charge in [-0.05, 0) is 18.1 Å². The summed E-state index contributed by atoms with van der Waals surface area (Å²) in [6, 6.07) is 7.35. The van der Waals surface area contributed by atoms with Gasteiger partial charge in [0.25, 0.3) is 0 Å². The number of sulfonamides is 1. The smallest absolute Gasteiger partial charge is 0.229 e. The van der Waals surface area contributed by atoms with Crippen LogP contribution in [0.1, 0.15) is 26.7 Å². The number of nitrogens with one attached hydrogen (secondary N) is 2. The second kappa shape index (κ2) is 6.64. The SMILES string of the molecule is CCC(CC)CNc1ccccc1NS(C)(=O)=O. The molecule has 0 aliphatic rings. The van der Waals surface area contributed by atoms with Crippen LogP contribution < -0.4 is 10.0 Å². The van der Waals surface area contributed by atoms with Gasteiger partial charge in [-0.1, -0.05) is 38.8 Å². The third-order valence-corrected chi connectivity index (χ3v) is 3.55. The average Bonchev–Trinajstić information content (AvgIpc) is 2.30. The molecule has 0 saturated heterocycles. The third-order valence-electron chi connectivity index (χ3n) is 2.96. The van der Waals surface area contributed by atoms with Crippen LogP contribution in [0.5, 0.6) is 0 Å². The summed E-state index contributed by atoms with van der Waals surface area (Å²) < 4.78 is 25.0. The van der Waals surface area contributed by atoms with Crippen molar-refractivity contribution < 1.29 is 8.42 Å². The van der Waals surface area contributed by atoms with Crippen molar-refractivity contribution in [2.45, 2.75) is 26.7 Å². The third kappa shape index (κ3) is 4.96. The lowest BCUT2D eigenvalue weighted by Gasteiger charge is -2.17. The van der Waals surface area contributed by atoms with Crippen molar-refractivity contribution in [2.24, 2.45) is 5.92 Å². The Balaban J connectivity index is 2.76. The first-order chi connectivity index (χ1) is 8.46. The molecule has 0 bridgehead atoms. The van der Waals surface area contributed by atoms with Crippen molar-refractivity contribution in [3.05, 3.63) is 24.3 Å². The summed E-state index contributed by atoms with van der Waals surface area (Å²) >= 11 is 0. The minimum absolute atomic E-state index is 0.603. The van der Waals surface area contributed by atoms with Crippen LogP contribution in [0.2, 0.25) is 0 Å². The Kier molecular flexibility index (Phi) is 5.47. The molecule has 1 aromatic carbocycles. The zero-order valence-corrected chi connectivity index (χ0v) is 12.0. The zero-order chi connectivity index (χ0) is 13.6. The summed E-state index contributed by atoms with van der Waals surface area (Å²) in [5.41, 5.74) is 1.43. The molecule has 0 unspecified atom stereocenters. The van der Waals surface area contributed by atoms with Crippen LogP contribution in [0, 0.1) is 5.92 Å². The quantitative estimate of drug-likeness (QED) is 0.801. The molecule has 0 amide bonds. The molecule has 0 spiro atoms. The van der Waals surface area contributed by atoms with Gasteiger partial charge in [-0.25, -0.2) is 8.42 Å². The number of rotatable bonds is 7. The number of para-hydroxylation sites is 2. The number of hydrogen-bond donors (Lipinski definition) is 2. The molecule has 1 rings (SSSR count). The number of anilines is 2. The van der Waals surface area contributed by atoms with E-state index in [4.69, 9.17) is 0 Å². The van der Waals surface area contributed by atoms with E-state index in [9.17, 15) is 8.42 Å². The van der Waals surface area contributed by atoms with Gasteiger partial charge in [0.05, 0.1) is 17.6 Å². The van der Waals surface area contributed by atoms with E-state index in [1.165, 1.54) is 0 Å². The maximum atomic E-state index is 11.3. The highest BCUT2D eigenvalue weighted by atomic mass is 32.2. The van der Waals surface area contributed by atoms with Crippen molar-refractivity contribution in [1.82, 2.24) is 0 Å². The molecule has 102 valence electrons. The van der Waals surface area contributed by atoms with Gasteiger partial charge in [0, 0.05) is 6.54 Å². The molecule has 0 heterocycles. The predicted molar refractivity (Wildman–Crippen MR) is 77.5 cm³/mol. The summed E-state index contributed by atoms with van der Waals surface area (Å²) in [5, 5.41) is 3.31. The summed E-state index contributed by atoms with van der Waals surface area (Å²) in [5.74, 6) is 0.608. The largest absolute Gasteiger partial charge is 0.383 e. The van der Waals surface area contributed by atoms with E-state index in [0.29, 0.717) is 11.6 Å². The molecule has 1 aromatic rings. The summed E-state index contributed by atoms with van der Waals surface area (Å²) in [7, 11) is -3.24. The molecule has 0 saturated carbocycles. The minimum Gasteiger partial charge on any atom is -0.383 e. The van der Waals surface area contributed by atoms with Crippen LogP contribution in [0.4, 0.5) is 11.4 Å². The van der Waals surface area contributed by atoms with Gasteiger partial charge in [0.1, 0.15) is 0 Å². The molecule has 0 radical (unpaired) electrons. The lowest BCUT2D eigenvalue weighted by Crippen LogP contribution is -2.15. The van der Waals surface area contributed by atoms with Crippen molar-refractivity contribution in [3.8, 4) is 0 Å². The van der Waals surface area contributed by atoms with Gasteiger partial charge in [-0.2, -0.15) is 0 Å². The lowest BCUT2D eigenvalue weighted by molar-refractivity contribution is 0.519. The standard InChI is InChI=1S/C13H22N2O2S/c1-4-11(5-2)10-14-12-8-6-7-9-13(12)15-18(3,16)17/h6-9,11,14-15H,4-5,10H2,1-3H3. The van der Waals surface area contributed by atoms with Crippen LogP contribution >= 0.6 is 0 Å². The zero-order valence-electron chi connectivity index (χ0n) is 11.2. The fourth-order valence-corrected chi connectivity index (χ4v) is 2.34. The molecule has 4 nitrogen and oxygen atoms in total. The molecule has 0 aliphatic carbocycles. The second-order valence-electron chi connectivity index (χ2n) is 4.48. The molecule has 0 aromatic heterocycles. The highest BCUT2D eigenvalue weighted by Gasteiger charge is 2.08. The van der Waals surface area contributed by atoms with Gasteiger partial charge >= 0.3 is 0 Å². The van der Waals surface area contributed by atoms with E-state index in [0.717, 1.165) is 31.3 Å². The molecule has 0 atom stereocenters. The molecular formula is C13H22N2O2S. The second-order valence-corrected chi connectivity index (χ2v) is 6.23. The Labute approximate surface area is 110 Å². The van der Waals surface area contributed by atoms with Gasteiger partial charge in [-0.3, -0.25) is 4.72 Å². The van der Waals surface area contributed by atoms with Crippen molar-refractivity contribution >= 4 is 21.4 Å². The molecule has 5 heteroatoms. The van der Waals surface area contributed by atoms with Crippen LogP contribution in [0.15, 0.2) is 24.3 Å². The van der Waals surface area contributed by atoms with Gasteiger partial charge in [0.15, 0.2) is 0 Å². The van der Waals surface area contributed by atoms with Crippen LogP contribution in [-0.2, 0) is 10.0 Å². The van der Waals surface area contributed by atoms with E-state index in [-0.39, 0.29) is 0 Å². The van der Waals surface area contributed by atoms with Crippen molar-refractivity contribution in [1.29, 1.82) is 0 Å². The summed E-state index contributed by atoms with van der Waals surface area (Å²) in [6.07, 6.45) is 3.39. The van der Waals surface area contributed by atoms with Gasteiger partial charge in [0.2, 0.25) is 10.0 Å². The predicted octanol–water partition coefficient (Wildman–Crippen LogP) is 2.91. The van der Waals surface area contributed by atoms with Crippen LogP contribution in [0.25, 0.3) is 0 Å². The molecule has 2 N–H and O–H groups in total. The fraction of sp³-hybridized carbons (Fsp3) is 0.538. The first-order valence-corrected chi connectivity index (χ1v) is 8.16. The highest BCUT2D eigenvalue weighted by molar-refractivity contribution is 7.92. The summed E-state index contributed by atoms with van der Waals surface area (Å²) in [6.45, 7) is 5.18. The van der Waals surface area contributed by atoms with E-state index in [2.05, 4.69) is 23.9 Å². The monoisotopic (exact) mass is 270 g/mol. The number of hydrogen-bond acceptors (Lipinski definition) is 3. The molecule has 18 heavy (non-hydrogen) atoms. The van der Waals surface area contributed by atoms with Crippen molar-refractivity contribution in [3.63, 3.8) is 0 Å². The van der Waals surface area contributed by atoms with E-state index in [1.54, 1.807) is 6.07 Å². The molecule has 0 fully saturated rings. The Bertz CT molecular complexity index is 468. The maximum Gasteiger partial charge on any atom is 0.229 e. The Morgan fingerprint density at radius 2 is 1.67 bits per heavy atom. The Morgan fingerprint density at radius 3 is 2.17 bits per heavy atom. The topological polar surface area (TPSA) is 58.2 Å². The fourth-order valence-electron chi connectivity index (χ4n) is 1.76. The Hall–Kier alpha value is -1.23. The van der Waals surface area contributed by atoms with Gasteiger partial charge < -0.3 is 5.32 Å². The van der Waals surface area contributed by atoms with Crippen LogP contribution in [-0.4, -0.2) is 21.2 Å². The first kappa shape index (κ1) is 14.8.